The van der Waals surface area contributed by atoms with Gasteiger partial charge in [-0.15, -0.1) is 0 Å². The van der Waals surface area contributed by atoms with Gasteiger partial charge in [0.2, 0.25) is 0 Å². The van der Waals surface area contributed by atoms with E-state index >= 15 is 0 Å². The molecule has 0 nitrogen and oxygen atoms in total. The van der Waals surface area contributed by atoms with Crippen LogP contribution in [-0.4, -0.2) is 6.17 Å². The van der Waals surface area contributed by atoms with Crippen molar-refractivity contribution in [3.05, 3.63) is 57.4 Å². The van der Waals surface area contributed by atoms with Gasteiger partial charge in [0.15, 0.2) is 35.3 Å². The van der Waals surface area contributed by atoms with Crippen LogP contribution in [0.2, 0.25) is 0 Å². The molecular weight excluding hydrogens is 356 g/mol. The molecule has 4 bridgehead atoms. The van der Waals surface area contributed by atoms with E-state index in [1.54, 1.807) is 0 Å². The number of hydrogen-bond donors (Lipinski definition) is 0. The highest BCUT2D eigenvalue weighted by Crippen LogP contribution is 2.51. The van der Waals surface area contributed by atoms with Crippen molar-refractivity contribution in [3.8, 4) is 0 Å². The van der Waals surface area contributed by atoms with Gasteiger partial charge in [0, 0.05) is 16.7 Å². The van der Waals surface area contributed by atoms with Gasteiger partial charge in [-0.05, 0) is 32.6 Å². The lowest BCUT2D eigenvalue weighted by Gasteiger charge is -2.35. The minimum Gasteiger partial charge on any atom is -0.239 e. The number of hydrogen-bond acceptors (Lipinski definition) is 0. The summed E-state index contributed by atoms with van der Waals surface area (Å²) in [4.78, 5) is 0. The molecule has 0 amide bonds. The lowest BCUT2D eigenvalue weighted by atomic mass is 9.73. The van der Waals surface area contributed by atoms with Crippen molar-refractivity contribution >= 4 is 0 Å². The van der Waals surface area contributed by atoms with E-state index in [0.717, 1.165) is 6.92 Å². The van der Waals surface area contributed by atoms with E-state index in [4.69, 9.17) is 0 Å². The Morgan fingerprint density at radius 1 is 0.760 bits per heavy atom. The molecule has 2 atom stereocenters. The van der Waals surface area contributed by atoms with E-state index in [0.29, 0.717) is 0 Å². The Morgan fingerprint density at radius 2 is 1.24 bits per heavy atom. The molecule has 8 heteroatoms. The van der Waals surface area contributed by atoms with Gasteiger partial charge >= 0.3 is 0 Å². The van der Waals surface area contributed by atoms with E-state index in [9.17, 15) is 35.1 Å². The smallest absolute Gasteiger partial charge is 0.165 e. The molecule has 136 valence electrons. The largest absolute Gasteiger partial charge is 0.239 e. The van der Waals surface area contributed by atoms with Crippen LogP contribution in [0, 0.1) is 28.7 Å². The average Bonchev–Trinajstić information content (AvgIpc) is 2.58. The fourth-order valence-corrected chi connectivity index (χ4v) is 3.29. The van der Waals surface area contributed by atoms with Crippen LogP contribution in [0.1, 0.15) is 30.9 Å². The molecule has 0 saturated heterocycles. The molecule has 6 rings (SSSR count). The summed E-state index contributed by atoms with van der Waals surface area (Å²) < 4.78 is 113. The molecule has 0 aromatic heterocycles. The minimum atomic E-state index is -2.57. The molecule has 0 aliphatic heterocycles. The second kappa shape index (κ2) is 5.85. The summed E-state index contributed by atoms with van der Waals surface area (Å²) in [6, 6.07) is 0. The summed E-state index contributed by atoms with van der Waals surface area (Å²) in [6.07, 6.45) is -5.92. The molecular formula is C17H12F8. The van der Waals surface area contributed by atoms with Crippen molar-refractivity contribution in [1.29, 1.82) is 0 Å². The first-order chi connectivity index (χ1) is 11.6. The number of halogens is 8. The monoisotopic (exact) mass is 368 g/mol. The Bertz CT molecular complexity index is 793. The highest BCUT2D eigenvalue weighted by atomic mass is 19.2. The lowest BCUT2D eigenvalue weighted by Crippen LogP contribution is -2.36. The molecule has 25 heavy (non-hydrogen) atoms. The van der Waals surface area contributed by atoms with Crippen LogP contribution >= 0.6 is 0 Å². The van der Waals surface area contributed by atoms with Crippen molar-refractivity contribution < 1.29 is 35.1 Å². The van der Waals surface area contributed by atoms with E-state index in [1.807, 2.05) is 0 Å². The van der Waals surface area contributed by atoms with E-state index in [2.05, 4.69) is 0 Å². The van der Waals surface area contributed by atoms with E-state index in [-0.39, 0.29) is 0 Å². The molecule has 0 spiro atoms. The molecule has 0 heterocycles. The lowest BCUT2D eigenvalue weighted by molar-refractivity contribution is 0.116. The van der Waals surface area contributed by atoms with Crippen molar-refractivity contribution in [2.45, 2.75) is 38.8 Å². The van der Waals surface area contributed by atoms with Gasteiger partial charge in [-0.1, -0.05) is 0 Å². The molecule has 0 N–H and O–H groups in total. The SMILES string of the molecule is CC12CCc3c(F)c(F)c(c(F)c3F)CCC(=C(F)C1F)C(F)=C2F. The Morgan fingerprint density at radius 3 is 1.76 bits per heavy atom. The van der Waals surface area contributed by atoms with Crippen molar-refractivity contribution in [3.63, 3.8) is 0 Å². The van der Waals surface area contributed by atoms with Gasteiger partial charge in [-0.2, -0.15) is 0 Å². The van der Waals surface area contributed by atoms with Gasteiger partial charge in [-0.3, -0.25) is 0 Å². The second-order valence-corrected chi connectivity index (χ2v) is 6.45. The molecule has 5 aliphatic carbocycles. The zero-order valence-electron chi connectivity index (χ0n) is 12.9. The Hall–Kier alpha value is -1.86. The topological polar surface area (TPSA) is 0 Å². The van der Waals surface area contributed by atoms with Crippen molar-refractivity contribution in [1.82, 2.24) is 0 Å². The standard InChI is InChI=1S/C17H12F8/c1-17-5-4-8-11(20)9(18)6(10(19)12(8)21)2-3-7(13(22)15(17)24)14(23)16(17)25/h15H,2-5H2,1H3. The van der Waals surface area contributed by atoms with Crippen LogP contribution in [0.5, 0.6) is 0 Å². The van der Waals surface area contributed by atoms with Gasteiger partial charge in [0.1, 0.15) is 11.7 Å². The summed E-state index contributed by atoms with van der Waals surface area (Å²) in [5, 5.41) is 0. The van der Waals surface area contributed by atoms with Crippen molar-refractivity contribution in [2.75, 3.05) is 0 Å². The maximum absolute atomic E-state index is 14.4. The zero-order chi connectivity index (χ0) is 18.7. The first kappa shape index (κ1) is 17.9. The highest BCUT2D eigenvalue weighted by molar-refractivity contribution is 5.42. The minimum absolute atomic E-state index is 0.791. The second-order valence-electron chi connectivity index (χ2n) is 6.45. The van der Waals surface area contributed by atoms with Crippen LogP contribution in [0.25, 0.3) is 0 Å². The van der Waals surface area contributed by atoms with Crippen LogP contribution in [0.3, 0.4) is 0 Å². The first-order valence-corrected chi connectivity index (χ1v) is 7.53. The molecule has 2 unspecified atom stereocenters. The third-order valence-corrected chi connectivity index (χ3v) is 4.99. The van der Waals surface area contributed by atoms with E-state index in [1.165, 1.54) is 0 Å². The molecule has 0 radical (unpaired) electrons. The maximum Gasteiger partial charge on any atom is 0.165 e. The summed E-state index contributed by atoms with van der Waals surface area (Å²) in [7, 11) is 0. The number of rotatable bonds is 0. The summed E-state index contributed by atoms with van der Waals surface area (Å²) in [5.74, 6) is -11.4. The summed E-state index contributed by atoms with van der Waals surface area (Å²) in [6.45, 7) is 0.853. The van der Waals surface area contributed by atoms with Gasteiger partial charge < -0.3 is 0 Å². The molecule has 5 aliphatic rings. The quantitative estimate of drug-likeness (QED) is 0.398. The Kier molecular flexibility index (Phi) is 4.20. The average molecular weight is 368 g/mol. The Labute approximate surface area is 137 Å². The molecule has 1 aromatic carbocycles. The van der Waals surface area contributed by atoms with Crippen molar-refractivity contribution in [2.24, 2.45) is 5.41 Å². The fraction of sp³-hybridized carbons (Fsp3) is 0.412. The van der Waals surface area contributed by atoms with Gasteiger partial charge in [0.05, 0.1) is 5.41 Å². The number of alkyl halides is 1. The van der Waals surface area contributed by atoms with Crippen LogP contribution < -0.4 is 0 Å². The first-order valence-electron chi connectivity index (χ1n) is 7.53. The predicted molar refractivity (Wildman–Crippen MR) is 73.3 cm³/mol. The summed E-state index contributed by atoms with van der Waals surface area (Å²) >= 11 is 0. The summed E-state index contributed by atoms with van der Waals surface area (Å²) in [5.41, 5.74) is -5.50. The fourth-order valence-electron chi connectivity index (χ4n) is 3.29. The van der Waals surface area contributed by atoms with Gasteiger partial charge in [0.25, 0.3) is 0 Å². The Balaban J connectivity index is 2.26. The molecule has 0 fully saturated rings. The van der Waals surface area contributed by atoms with Crippen LogP contribution in [0.15, 0.2) is 23.1 Å². The number of benzene rings is 1. The maximum atomic E-state index is 14.4. The zero-order valence-corrected chi connectivity index (χ0v) is 12.9. The third kappa shape index (κ3) is 2.40. The van der Waals surface area contributed by atoms with E-state index < -0.39 is 94.7 Å². The van der Waals surface area contributed by atoms with Crippen LogP contribution in [0.4, 0.5) is 35.1 Å². The normalized spacial score (nSPS) is 27.0. The highest BCUT2D eigenvalue weighted by Gasteiger charge is 2.49. The predicted octanol–water partition coefficient (Wildman–Crippen LogP) is 5.85. The van der Waals surface area contributed by atoms with Crippen LogP contribution in [-0.2, 0) is 12.8 Å². The number of allylic oxidation sites excluding steroid dienone is 4. The molecule has 0 saturated carbocycles. The molecule has 1 aromatic rings. The van der Waals surface area contributed by atoms with Gasteiger partial charge in [-0.25, -0.2) is 35.1 Å². The third-order valence-electron chi connectivity index (χ3n) is 4.99.